The van der Waals surface area contributed by atoms with Crippen LogP contribution in [0.5, 0.6) is 0 Å². The van der Waals surface area contributed by atoms with Crippen LogP contribution in [0.25, 0.3) is 0 Å². The summed E-state index contributed by atoms with van der Waals surface area (Å²) in [5, 5.41) is 14.2. The number of hydrogen-bond donors (Lipinski definition) is 1. The Bertz CT molecular complexity index is 717. The van der Waals surface area contributed by atoms with Crippen LogP contribution < -0.4 is 5.32 Å². The third-order valence-electron chi connectivity index (χ3n) is 3.18. The molecule has 0 saturated carbocycles. The highest BCUT2D eigenvalue weighted by molar-refractivity contribution is 6.35. The zero-order valence-corrected chi connectivity index (χ0v) is 13.1. The lowest BCUT2D eigenvalue weighted by atomic mass is 10.00. The number of benzene rings is 2. The number of carbonyl (C=O) groups excluding carboxylic acids is 1. The maximum atomic E-state index is 12.2. The van der Waals surface area contributed by atoms with E-state index in [2.05, 4.69) is 5.32 Å². The van der Waals surface area contributed by atoms with Crippen molar-refractivity contribution in [2.45, 2.75) is 12.8 Å². The summed E-state index contributed by atoms with van der Waals surface area (Å²) in [6, 6.07) is 10.6. The molecular formula is C15H12Cl2N2O3. The van der Waals surface area contributed by atoms with Gasteiger partial charge in [0.2, 0.25) is 5.91 Å². The molecule has 2 aromatic carbocycles. The van der Waals surface area contributed by atoms with Gasteiger partial charge in [0.25, 0.3) is 5.69 Å². The fourth-order valence-electron chi connectivity index (χ4n) is 1.87. The molecule has 0 aliphatic heterocycles. The lowest BCUT2D eigenvalue weighted by Gasteiger charge is -2.13. The minimum absolute atomic E-state index is 0.0192. The Kier molecular flexibility index (Phi) is 5.00. The van der Waals surface area contributed by atoms with Crippen molar-refractivity contribution < 1.29 is 9.72 Å². The summed E-state index contributed by atoms with van der Waals surface area (Å²) in [6.07, 6.45) is 0. The molecule has 0 bridgehead atoms. The highest BCUT2D eigenvalue weighted by Crippen LogP contribution is 2.27. The summed E-state index contributed by atoms with van der Waals surface area (Å²) in [7, 11) is 0. The highest BCUT2D eigenvalue weighted by Gasteiger charge is 2.17. The summed E-state index contributed by atoms with van der Waals surface area (Å²) in [6.45, 7) is 1.70. The molecule has 7 heteroatoms. The van der Waals surface area contributed by atoms with E-state index in [0.717, 1.165) is 0 Å². The van der Waals surface area contributed by atoms with Crippen LogP contribution in [0.3, 0.4) is 0 Å². The third kappa shape index (κ3) is 3.75. The van der Waals surface area contributed by atoms with E-state index >= 15 is 0 Å². The molecule has 1 N–H and O–H groups in total. The fourth-order valence-corrected chi connectivity index (χ4v) is 2.21. The van der Waals surface area contributed by atoms with Crippen LogP contribution in [0.1, 0.15) is 18.4 Å². The molecule has 1 atom stereocenters. The molecule has 0 aliphatic carbocycles. The first kappa shape index (κ1) is 16.3. The van der Waals surface area contributed by atoms with E-state index in [-0.39, 0.29) is 11.6 Å². The van der Waals surface area contributed by atoms with Crippen molar-refractivity contribution in [1.82, 2.24) is 0 Å². The monoisotopic (exact) mass is 338 g/mol. The summed E-state index contributed by atoms with van der Waals surface area (Å²) in [5.74, 6) is -0.770. The first-order chi connectivity index (χ1) is 10.4. The van der Waals surface area contributed by atoms with Crippen LogP contribution in [0, 0.1) is 10.1 Å². The number of anilines is 1. The van der Waals surface area contributed by atoms with Gasteiger partial charge in [-0.25, -0.2) is 0 Å². The van der Waals surface area contributed by atoms with Gasteiger partial charge in [-0.1, -0.05) is 35.3 Å². The largest absolute Gasteiger partial charge is 0.324 e. The first-order valence-corrected chi connectivity index (χ1v) is 7.14. The Morgan fingerprint density at radius 2 is 1.82 bits per heavy atom. The predicted molar refractivity (Wildman–Crippen MR) is 86.6 cm³/mol. The van der Waals surface area contributed by atoms with Gasteiger partial charge < -0.3 is 5.32 Å². The number of rotatable bonds is 4. The zero-order valence-electron chi connectivity index (χ0n) is 11.5. The van der Waals surface area contributed by atoms with Gasteiger partial charge >= 0.3 is 0 Å². The van der Waals surface area contributed by atoms with Crippen LogP contribution in [-0.2, 0) is 4.79 Å². The lowest BCUT2D eigenvalue weighted by Crippen LogP contribution is -2.19. The predicted octanol–water partition coefficient (Wildman–Crippen LogP) is 4.64. The second-order valence-corrected chi connectivity index (χ2v) is 5.53. The van der Waals surface area contributed by atoms with Crippen molar-refractivity contribution in [2.75, 3.05) is 5.32 Å². The number of nitro benzene ring substituents is 1. The fraction of sp³-hybridized carbons (Fsp3) is 0.133. The minimum Gasteiger partial charge on any atom is -0.324 e. The summed E-state index contributed by atoms with van der Waals surface area (Å²) >= 11 is 11.9. The molecule has 0 heterocycles. The summed E-state index contributed by atoms with van der Waals surface area (Å²) in [5.41, 5.74) is 1.07. The Labute approximate surface area is 137 Å². The molecular weight excluding hydrogens is 327 g/mol. The number of carbonyl (C=O) groups is 1. The topological polar surface area (TPSA) is 72.2 Å². The quantitative estimate of drug-likeness (QED) is 0.651. The molecule has 0 aromatic heterocycles. The van der Waals surface area contributed by atoms with Crippen molar-refractivity contribution in [3.63, 3.8) is 0 Å². The Morgan fingerprint density at radius 1 is 1.18 bits per heavy atom. The smallest absolute Gasteiger partial charge is 0.269 e. The first-order valence-electron chi connectivity index (χ1n) is 6.38. The normalized spacial score (nSPS) is 11.8. The summed E-state index contributed by atoms with van der Waals surface area (Å²) in [4.78, 5) is 22.4. The molecule has 0 fully saturated rings. The van der Waals surface area contributed by atoms with Crippen molar-refractivity contribution in [1.29, 1.82) is 0 Å². The van der Waals surface area contributed by atoms with E-state index in [1.165, 1.54) is 12.1 Å². The van der Waals surface area contributed by atoms with E-state index in [1.54, 1.807) is 37.3 Å². The molecule has 0 unspecified atom stereocenters. The van der Waals surface area contributed by atoms with Crippen LogP contribution >= 0.6 is 23.2 Å². The van der Waals surface area contributed by atoms with E-state index in [0.29, 0.717) is 21.3 Å². The van der Waals surface area contributed by atoms with Gasteiger partial charge in [0.05, 0.1) is 21.6 Å². The molecule has 0 aliphatic rings. The lowest BCUT2D eigenvalue weighted by molar-refractivity contribution is -0.384. The molecule has 2 aromatic rings. The standard InChI is InChI=1S/C15H12Cl2N2O3/c1-9(10-2-5-12(6-3-10)19(21)22)15(20)18-14-8-11(16)4-7-13(14)17/h2-9H,1H3,(H,18,20)/t9-/m1/s1. The number of halogens is 2. The van der Waals surface area contributed by atoms with Crippen LogP contribution in [0.15, 0.2) is 42.5 Å². The summed E-state index contributed by atoms with van der Waals surface area (Å²) < 4.78 is 0. The van der Waals surface area contributed by atoms with Crippen molar-refractivity contribution in [3.8, 4) is 0 Å². The van der Waals surface area contributed by atoms with E-state index < -0.39 is 10.8 Å². The number of amides is 1. The Morgan fingerprint density at radius 3 is 2.41 bits per heavy atom. The van der Waals surface area contributed by atoms with Gasteiger partial charge in [-0.3, -0.25) is 14.9 Å². The van der Waals surface area contributed by atoms with Crippen molar-refractivity contribution in [3.05, 3.63) is 68.2 Å². The van der Waals surface area contributed by atoms with Gasteiger partial charge in [0.1, 0.15) is 0 Å². The second-order valence-electron chi connectivity index (χ2n) is 4.68. The molecule has 5 nitrogen and oxygen atoms in total. The average molecular weight is 339 g/mol. The number of non-ortho nitro benzene ring substituents is 1. The van der Waals surface area contributed by atoms with Gasteiger partial charge in [0.15, 0.2) is 0 Å². The SMILES string of the molecule is C[C@@H](C(=O)Nc1cc(Cl)ccc1Cl)c1ccc([N+](=O)[O-])cc1. The van der Waals surface area contributed by atoms with Crippen LogP contribution in [0.2, 0.25) is 10.0 Å². The number of hydrogen-bond acceptors (Lipinski definition) is 3. The van der Waals surface area contributed by atoms with Gasteiger partial charge in [0, 0.05) is 17.2 Å². The van der Waals surface area contributed by atoms with E-state index in [1.807, 2.05) is 0 Å². The molecule has 1 amide bonds. The molecule has 22 heavy (non-hydrogen) atoms. The minimum atomic E-state index is -0.490. The molecule has 2 rings (SSSR count). The number of nitrogens with zero attached hydrogens (tertiary/aromatic N) is 1. The molecule has 114 valence electrons. The van der Waals surface area contributed by atoms with Gasteiger partial charge in [-0.05, 0) is 30.7 Å². The maximum absolute atomic E-state index is 12.2. The van der Waals surface area contributed by atoms with Crippen LogP contribution in [0.4, 0.5) is 11.4 Å². The second kappa shape index (κ2) is 6.77. The third-order valence-corrected chi connectivity index (χ3v) is 3.75. The molecule has 0 radical (unpaired) electrons. The molecule has 0 saturated heterocycles. The number of nitrogens with one attached hydrogen (secondary N) is 1. The Balaban J connectivity index is 2.15. The van der Waals surface area contributed by atoms with Crippen LogP contribution in [-0.4, -0.2) is 10.8 Å². The zero-order chi connectivity index (χ0) is 16.3. The molecule has 0 spiro atoms. The Hall–Kier alpha value is -2.11. The highest BCUT2D eigenvalue weighted by atomic mass is 35.5. The van der Waals surface area contributed by atoms with E-state index in [4.69, 9.17) is 23.2 Å². The average Bonchev–Trinajstić information content (AvgIpc) is 2.50. The van der Waals surface area contributed by atoms with Gasteiger partial charge in [-0.2, -0.15) is 0 Å². The van der Waals surface area contributed by atoms with E-state index in [9.17, 15) is 14.9 Å². The number of nitro groups is 1. The maximum Gasteiger partial charge on any atom is 0.269 e. The van der Waals surface area contributed by atoms with Crippen molar-refractivity contribution >= 4 is 40.5 Å². The van der Waals surface area contributed by atoms with Gasteiger partial charge in [-0.15, -0.1) is 0 Å². The van der Waals surface area contributed by atoms with Crippen molar-refractivity contribution in [2.24, 2.45) is 0 Å².